The molecule has 122 valence electrons. The summed E-state index contributed by atoms with van der Waals surface area (Å²) in [5.74, 6) is -1.40. The normalized spacial score (nSPS) is 12.7. The molecule has 0 heterocycles. The van der Waals surface area contributed by atoms with E-state index >= 15 is 0 Å². The predicted molar refractivity (Wildman–Crippen MR) is 91.7 cm³/mol. The molecule has 5 heteroatoms. The third-order valence-corrected chi connectivity index (χ3v) is 3.71. The van der Waals surface area contributed by atoms with Gasteiger partial charge in [-0.2, -0.15) is 5.26 Å². The third-order valence-electron chi connectivity index (χ3n) is 3.71. The van der Waals surface area contributed by atoms with E-state index in [1.807, 2.05) is 48.5 Å². The van der Waals surface area contributed by atoms with Crippen LogP contribution >= 0.6 is 0 Å². The number of hydrogen-bond acceptors (Lipinski definition) is 3. The SMILES string of the molecule is C[C@H](C#N)C[C@@H](NC(=O)c1ccc(-c2ccccc2)cc1)C(N)=O. The highest BCUT2D eigenvalue weighted by Gasteiger charge is 2.21. The summed E-state index contributed by atoms with van der Waals surface area (Å²) in [6, 6.07) is 18.1. The summed E-state index contributed by atoms with van der Waals surface area (Å²) in [5.41, 5.74) is 7.79. The second-order valence-corrected chi connectivity index (χ2v) is 5.64. The van der Waals surface area contributed by atoms with Crippen LogP contribution in [0, 0.1) is 17.2 Å². The van der Waals surface area contributed by atoms with Crippen LogP contribution in [0.25, 0.3) is 11.1 Å². The van der Waals surface area contributed by atoms with Gasteiger partial charge >= 0.3 is 0 Å². The van der Waals surface area contributed by atoms with Crippen LogP contribution in [0.15, 0.2) is 54.6 Å². The first-order valence-corrected chi connectivity index (χ1v) is 7.66. The number of nitrogens with zero attached hydrogens (tertiary/aromatic N) is 1. The summed E-state index contributed by atoms with van der Waals surface area (Å²) in [6.45, 7) is 1.68. The van der Waals surface area contributed by atoms with Crippen molar-refractivity contribution in [3.63, 3.8) is 0 Å². The number of amides is 2. The molecule has 0 aliphatic rings. The van der Waals surface area contributed by atoms with Gasteiger partial charge in [0.15, 0.2) is 0 Å². The van der Waals surface area contributed by atoms with E-state index in [-0.39, 0.29) is 18.2 Å². The fourth-order valence-electron chi connectivity index (χ4n) is 2.34. The van der Waals surface area contributed by atoms with Gasteiger partial charge in [-0.1, -0.05) is 42.5 Å². The van der Waals surface area contributed by atoms with Crippen molar-refractivity contribution in [3.8, 4) is 17.2 Å². The summed E-state index contributed by atoms with van der Waals surface area (Å²) in [7, 11) is 0. The summed E-state index contributed by atoms with van der Waals surface area (Å²) < 4.78 is 0. The maximum absolute atomic E-state index is 12.3. The zero-order valence-corrected chi connectivity index (χ0v) is 13.4. The average molecular weight is 321 g/mol. The van der Waals surface area contributed by atoms with Crippen LogP contribution in [0.5, 0.6) is 0 Å². The van der Waals surface area contributed by atoms with Crippen molar-refractivity contribution in [1.29, 1.82) is 5.26 Å². The van der Waals surface area contributed by atoms with E-state index < -0.39 is 11.9 Å². The Morgan fingerprint density at radius 3 is 2.21 bits per heavy atom. The maximum atomic E-state index is 12.3. The Balaban J connectivity index is 2.09. The first-order chi connectivity index (χ1) is 11.5. The lowest BCUT2D eigenvalue weighted by atomic mass is 10.0. The number of benzene rings is 2. The fraction of sp³-hybridized carbons (Fsp3) is 0.211. The molecule has 24 heavy (non-hydrogen) atoms. The molecule has 0 aliphatic carbocycles. The molecule has 2 aromatic rings. The molecule has 2 aromatic carbocycles. The van der Waals surface area contributed by atoms with Crippen LogP contribution in [-0.4, -0.2) is 17.9 Å². The minimum Gasteiger partial charge on any atom is -0.368 e. The number of nitriles is 1. The molecule has 0 radical (unpaired) electrons. The number of carbonyl (C=O) groups excluding carboxylic acids is 2. The van der Waals surface area contributed by atoms with Crippen molar-refractivity contribution in [1.82, 2.24) is 5.32 Å². The van der Waals surface area contributed by atoms with E-state index in [0.717, 1.165) is 11.1 Å². The second-order valence-electron chi connectivity index (χ2n) is 5.64. The van der Waals surface area contributed by atoms with Gasteiger partial charge < -0.3 is 11.1 Å². The van der Waals surface area contributed by atoms with Crippen molar-refractivity contribution in [2.24, 2.45) is 11.7 Å². The number of rotatable bonds is 6. The molecule has 2 rings (SSSR count). The van der Waals surface area contributed by atoms with Gasteiger partial charge in [0.1, 0.15) is 6.04 Å². The van der Waals surface area contributed by atoms with Crippen LogP contribution in [0.3, 0.4) is 0 Å². The quantitative estimate of drug-likeness (QED) is 0.855. The first-order valence-electron chi connectivity index (χ1n) is 7.66. The molecule has 2 amide bonds. The zero-order chi connectivity index (χ0) is 17.5. The third kappa shape index (κ3) is 4.43. The van der Waals surface area contributed by atoms with Crippen molar-refractivity contribution >= 4 is 11.8 Å². The van der Waals surface area contributed by atoms with Gasteiger partial charge in [-0.15, -0.1) is 0 Å². The number of hydrogen-bond donors (Lipinski definition) is 2. The summed E-state index contributed by atoms with van der Waals surface area (Å²) in [4.78, 5) is 23.7. The zero-order valence-electron chi connectivity index (χ0n) is 13.4. The molecule has 2 atom stereocenters. The Hall–Kier alpha value is -3.13. The molecule has 0 aromatic heterocycles. The Morgan fingerprint density at radius 2 is 1.67 bits per heavy atom. The standard InChI is InChI=1S/C19H19N3O2/c1-13(12-20)11-17(18(21)23)22-19(24)16-9-7-15(8-10-16)14-5-3-2-4-6-14/h2-10,13,17H,11H2,1H3,(H2,21,23)(H,22,24)/t13-,17+/m0/s1. The molecule has 0 fully saturated rings. The lowest BCUT2D eigenvalue weighted by Gasteiger charge is -2.16. The molecule has 0 spiro atoms. The fourth-order valence-corrected chi connectivity index (χ4v) is 2.34. The number of nitrogens with one attached hydrogen (secondary N) is 1. The van der Waals surface area contributed by atoms with Crippen LogP contribution in [-0.2, 0) is 4.79 Å². The number of primary amides is 1. The van der Waals surface area contributed by atoms with Gasteiger partial charge in [-0.05, 0) is 36.6 Å². The summed E-state index contributed by atoms with van der Waals surface area (Å²) >= 11 is 0. The molecule has 0 aliphatic heterocycles. The number of nitrogens with two attached hydrogens (primary N) is 1. The predicted octanol–water partition coefficient (Wildman–Crippen LogP) is 2.49. The van der Waals surface area contributed by atoms with Crippen molar-refractivity contribution < 1.29 is 9.59 Å². The topological polar surface area (TPSA) is 96.0 Å². The van der Waals surface area contributed by atoms with Gasteiger partial charge in [0.2, 0.25) is 5.91 Å². The molecular formula is C19H19N3O2. The Morgan fingerprint density at radius 1 is 1.08 bits per heavy atom. The molecule has 5 nitrogen and oxygen atoms in total. The number of carbonyl (C=O) groups is 2. The van der Waals surface area contributed by atoms with Gasteiger partial charge in [0.05, 0.1) is 6.07 Å². The lowest BCUT2D eigenvalue weighted by molar-refractivity contribution is -0.120. The first kappa shape index (κ1) is 17.2. The van der Waals surface area contributed by atoms with Crippen LogP contribution in [0.2, 0.25) is 0 Å². The van der Waals surface area contributed by atoms with Gasteiger partial charge in [0, 0.05) is 11.5 Å². The Labute approximate surface area is 141 Å². The highest BCUT2D eigenvalue weighted by atomic mass is 16.2. The van der Waals surface area contributed by atoms with E-state index in [1.54, 1.807) is 19.1 Å². The largest absolute Gasteiger partial charge is 0.368 e. The van der Waals surface area contributed by atoms with Crippen molar-refractivity contribution in [3.05, 3.63) is 60.2 Å². The summed E-state index contributed by atoms with van der Waals surface area (Å²) in [6.07, 6.45) is 0.194. The molecule has 3 N–H and O–H groups in total. The van der Waals surface area contributed by atoms with Gasteiger partial charge in [0.25, 0.3) is 5.91 Å². The van der Waals surface area contributed by atoms with Crippen molar-refractivity contribution in [2.45, 2.75) is 19.4 Å². The monoisotopic (exact) mass is 321 g/mol. The van der Waals surface area contributed by atoms with Gasteiger partial charge in [-0.25, -0.2) is 0 Å². The molecule has 0 bridgehead atoms. The highest BCUT2D eigenvalue weighted by Crippen LogP contribution is 2.19. The molecular weight excluding hydrogens is 302 g/mol. The van der Waals surface area contributed by atoms with E-state index in [4.69, 9.17) is 11.0 Å². The molecule has 0 saturated heterocycles. The van der Waals surface area contributed by atoms with E-state index in [2.05, 4.69) is 5.32 Å². The Kier molecular flexibility index (Phi) is 5.69. The lowest BCUT2D eigenvalue weighted by Crippen LogP contribution is -2.45. The second kappa shape index (κ2) is 7.93. The smallest absolute Gasteiger partial charge is 0.251 e. The van der Waals surface area contributed by atoms with Crippen LogP contribution in [0.1, 0.15) is 23.7 Å². The van der Waals surface area contributed by atoms with E-state index in [1.165, 1.54) is 0 Å². The molecule has 0 unspecified atom stereocenters. The van der Waals surface area contributed by atoms with E-state index in [9.17, 15) is 9.59 Å². The van der Waals surface area contributed by atoms with Crippen molar-refractivity contribution in [2.75, 3.05) is 0 Å². The van der Waals surface area contributed by atoms with Crippen LogP contribution in [0.4, 0.5) is 0 Å². The highest BCUT2D eigenvalue weighted by molar-refractivity contribution is 5.97. The Bertz CT molecular complexity index is 748. The maximum Gasteiger partial charge on any atom is 0.251 e. The van der Waals surface area contributed by atoms with Gasteiger partial charge in [-0.3, -0.25) is 9.59 Å². The van der Waals surface area contributed by atoms with Crippen LogP contribution < -0.4 is 11.1 Å². The van der Waals surface area contributed by atoms with E-state index in [0.29, 0.717) is 5.56 Å². The molecule has 0 saturated carbocycles. The average Bonchev–Trinajstić information content (AvgIpc) is 2.61. The summed E-state index contributed by atoms with van der Waals surface area (Å²) in [5, 5.41) is 11.4. The minimum atomic E-state index is -0.860. The minimum absolute atomic E-state index is 0.194.